The molecule has 0 aliphatic carbocycles. The van der Waals surface area contributed by atoms with Crippen molar-refractivity contribution < 1.29 is 41.4 Å². The van der Waals surface area contributed by atoms with Crippen molar-refractivity contribution in [1.29, 1.82) is 0 Å². The van der Waals surface area contributed by atoms with Crippen LogP contribution in [0.5, 0.6) is 0 Å². The van der Waals surface area contributed by atoms with Crippen molar-refractivity contribution in [3.63, 3.8) is 0 Å². The number of anilines is 2. The van der Waals surface area contributed by atoms with E-state index >= 15 is 0 Å². The molecule has 1 aromatic heterocycles. The van der Waals surface area contributed by atoms with Gasteiger partial charge in [-0.15, -0.1) is 0 Å². The van der Waals surface area contributed by atoms with E-state index in [1.54, 1.807) is 24.4 Å². The number of benzene rings is 2. The van der Waals surface area contributed by atoms with Crippen LogP contribution in [-0.4, -0.2) is 34.2 Å². The summed E-state index contributed by atoms with van der Waals surface area (Å²) in [6.07, 6.45) is -3.30. The largest absolute Gasteiger partial charge is 0.490 e. The first-order chi connectivity index (χ1) is 16.8. The summed E-state index contributed by atoms with van der Waals surface area (Å²) in [4.78, 5) is 36.6. The zero-order valence-corrected chi connectivity index (χ0v) is 18.3. The number of hydrogen-bond acceptors (Lipinski definition) is 5. The minimum Gasteiger partial charge on any atom is -0.475 e. The number of alkyl halides is 3. The molecule has 8 nitrogen and oxygen atoms in total. The maximum absolute atomic E-state index is 14.4. The van der Waals surface area contributed by atoms with Gasteiger partial charge in [-0.1, -0.05) is 18.2 Å². The highest BCUT2D eigenvalue weighted by molar-refractivity contribution is 6.01. The van der Waals surface area contributed by atoms with E-state index in [1.807, 2.05) is 0 Å². The summed E-state index contributed by atoms with van der Waals surface area (Å²) in [5.74, 6) is -3.89. The monoisotopic (exact) mass is 510 g/mol. The number of amides is 3. The molecule has 2 aromatic carbocycles. The smallest absolute Gasteiger partial charge is 0.475 e. The van der Waals surface area contributed by atoms with Crippen molar-refractivity contribution in [3.8, 4) is 0 Å². The Morgan fingerprint density at radius 1 is 0.944 bits per heavy atom. The average Bonchev–Trinajstić information content (AvgIpc) is 2.77. The lowest BCUT2D eigenvalue weighted by Gasteiger charge is -2.09. The summed E-state index contributed by atoms with van der Waals surface area (Å²) >= 11 is 0. The molecule has 0 aliphatic rings. The Labute approximate surface area is 201 Å². The van der Waals surface area contributed by atoms with Crippen LogP contribution in [0.15, 0.2) is 60.8 Å². The SMILES string of the molecule is Nc1cc(Cc2ccc(NC(=O)NC(=O)Cc3ccc(F)cc3)cc2F)ccn1.O=C(O)C(F)(F)F. The highest BCUT2D eigenvalue weighted by Crippen LogP contribution is 2.18. The van der Waals surface area contributed by atoms with Crippen LogP contribution in [0.2, 0.25) is 0 Å². The van der Waals surface area contributed by atoms with Crippen LogP contribution in [0.3, 0.4) is 0 Å². The molecule has 3 aromatic rings. The van der Waals surface area contributed by atoms with Crippen molar-refractivity contribution in [2.24, 2.45) is 0 Å². The minimum absolute atomic E-state index is 0.0872. The summed E-state index contributed by atoms with van der Waals surface area (Å²) in [5.41, 5.74) is 7.61. The number of carboxylic acid groups (broad SMARTS) is 1. The molecule has 3 rings (SSSR count). The van der Waals surface area contributed by atoms with Gasteiger partial charge < -0.3 is 16.2 Å². The van der Waals surface area contributed by atoms with Crippen LogP contribution in [0.1, 0.15) is 16.7 Å². The minimum atomic E-state index is -5.08. The Hall–Kier alpha value is -4.55. The van der Waals surface area contributed by atoms with Gasteiger partial charge in [0.25, 0.3) is 0 Å². The first-order valence-electron chi connectivity index (χ1n) is 9.97. The van der Waals surface area contributed by atoms with E-state index in [9.17, 15) is 31.5 Å². The van der Waals surface area contributed by atoms with Crippen LogP contribution in [-0.2, 0) is 22.4 Å². The van der Waals surface area contributed by atoms with Gasteiger partial charge in [0.2, 0.25) is 5.91 Å². The first kappa shape index (κ1) is 27.7. The van der Waals surface area contributed by atoms with Crippen molar-refractivity contribution in [3.05, 3.63) is 89.1 Å². The molecule has 0 radical (unpaired) electrons. The first-order valence-corrected chi connectivity index (χ1v) is 9.97. The molecule has 0 bridgehead atoms. The summed E-state index contributed by atoms with van der Waals surface area (Å²) in [6, 6.07) is 12.2. The fourth-order valence-corrected chi connectivity index (χ4v) is 2.71. The summed E-state index contributed by atoms with van der Waals surface area (Å²) < 4.78 is 59.0. The van der Waals surface area contributed by atoms with Crippen molar-refractivity contribution >= 4 is 29.4 Å². The number of carboxylic acids is 1. The number of rotatable bonds is 5. The van der Waals surface area contributed by atoms with Crippen molar-refractivity contribution in [1.82, 2.24) is 10.3 Å². The Balaban J connectivity index is 0.000000572. The van der Waals surface area contributed by atoms with Crippen LogP contribution >= 0.6 is 0 Å². The Morgan fingerprint density at radius 3 is 2.14 bits per heavy atom. The third-order valence-electron chi connectivity index (χ3n) is 4.32. The summed E-state index contributed by atoms with van der Waals surface area (Å²) in [7, 11) is 0. The highest BCUT2D eigenvalue weighted by atomic mass is 19.4. The molecule has 0 fully saturated rings. The van der Waals surface area contributed by atoms with Gasteiger partial charge in [0.05, 0.1) is 6.42 Å². The van der Waals surface area contributed by atoms with E-state index in [0.29, 0.717) is 23.4 Å². The maximum Gasteiger partial charge on any atom is 0.490 e. The lowest BCUT2D eigenvalue weighted by Crippen LogP contribution is -2.35. The second kappa shape index (κ2) is 12.2. The normalized spacial score (nSPS) is 10.6. The zero-order valence-electron chi connectivity index (χ0n) is 18.3. The number of imide groups is 1. The molecule has 0 spiro atoms. The van der Waals surface area contributed by atoms with Gasteiger partial charge in [-0.3, -0.25) is 10.1 Å². The molecule has 36 heavy (non-hydrogen) atoms. The van der Waals surface area contributed by atoms with E-state index in [-0.39, 0.29) is 12.1 Å². The Bertz CT molecular complexity index is 1230. The van der Waals surface area contributed by atoms with Crippen molar-refractivity contribution in [2.75, 3.05) is 11.1 Å². The Morgan fingerprint density at radius 2 is 1.58 bits per heavy atom. The summed E-state index contributed by atoms with van der Waals surface area (Å²) in [5, 5.41) is 11.7. The third kappa shape index (κ3) is 9.37. The van der Waals surface area contributed by atoms with Gasteiger partial charge in [0, 0.05) is 18.3 Å². The number of halogens is 5. The molecule has 3 amide bonds. The zero-order chi connectivity index (χ0) is 26.9. The van der Waals surface area contributed by atoms with Crippen molar-refractivity contribution in [2.45, 2.75) is 19.0 Å². The lowest BCUT2D eigenvalue weighted by atomic mass is 10.0. The van der Waals surface area contributed by atoms with Crippen LogP contribution in [0.25, 0.3) is 0 Å². The van der Waals surface area contributed by atoms with Gasteiger partial charge in [-0.25, -0.2) is 23.4 Å². The van der Waals surface area contributed by atoms with Crippen LogP contribution < -0.4 is 16.4 Å². The number of aromatic nitrogens is 1. The third-order valence-corrected chi connectivity index (χ3v) is 4.32. The number of hydrogen-bond donors (Lipinski definition) is 4. The van der Waals surface area contributed by atoms with E-state index in [1.165, 1.54) is 36.4 Å². The number of nitrogen functional groups attached to an aromatic ring is 1. The molecule has 5 N–H and O–H groups in total. The molecule has 190 valence electrons. The fourth-order valence-electron chi connectivity index (χ4n) is 2.71. The molecule has 1 heterocycles. The van der Waals surface area contributed by atoms with Gasteiger partial charge in [-0.2, -0.15) is 13.2 Å². The van der Waals surface area contributed by atoms with E-state index in [2.05, 4.69) is 15.6 Å². The second-order valence-electron chi connectivity index (χ2n) is 7.18. The van der Waals surface area contributed by atoms with Gasteiger partial charge in [0.1, 0.15) is 17.5 Å². The number of aliphatic carboxylic acids is 1. The lowest BCUT2D eigenvalue weighted by molar-refractivity contribution is -0.192. The van der Waals surface area contributed by atoms with Crippen LogP contribution in [0, 0.1) is 11.6 Å². The molecular formula is C23H19F5N4O4. The highest BCUT2D eigenvalue weighted by Gasteiger charge is 2.38. The van der Waals surface area contributed by atoms with E-state index in [0.717, 1.165) is 5.56 Å². The molecule has 0 aliphatic heterocycles. The molecule has 0 unspecified atom stereocenters. The number of urea groups is 1. The number of carbonyl (C=O) groups is 3. The summed E-state index contributed by atoms with van der Waals surface area (Å²) in [6.45, 7) is 0. The standard InChI is InChI=1S/C21H18F2N4O2.C2HF3O2/c22-16-4-1-13(2-5-16)11-20(28)27-21(29)26-17-6-3-15(18(23)12-17)9-14-7-8-25-19(24)10-14;3-2(4,5)1(6)7/h1-8,10,12H,9,11H2,(H2,24,25)(H2,26,27,28,29);(H,6,7). The van der Waals surface area contributed by atoms with Gasteiger partial charge >= 0.3 is 18.2 Å². The number of nitrogens with two attached hydrogens (primary N) is 1. The fraction of sp³-hybridized carbons (Fsp3) is 0.130. The van der Waals surface area contributed by atoms with E-state index in [4.69, 9.17) is 15.6 Å². The average molecular weight is 510 g/mol. The number of nitrogens with zero attached hydrogens (tertiary/aromatic N) is 1. The molecule has 13 heteroatoms. The molecule has 0 atom stereocenters. The molecule has 0 saturated heterocycles. The second-order valence-corrected chi connectivity index (χ2v) is 7.18. The van der Waals surface area contributed by atoms with Gasteiger partial charge in [-0.05, 0) is 53.1 Å². The quantitative estimate of drug-likeness (QED) is 0.383. The topological polar surface area (TPSA) is 134 Å². The Kier molecular flexibility index (Phi) is 9.42. The number of nitrogens with one attached hydrogen (secondary N) is 2. The molecular weight excluding hydrogens is 491 g/mol. The number of pyridine rings is 1. The van der Waals surface area contributed by atoms with Gasteiger partial charge in [0.15, 0.2) is 0 Å². The predicted octanol–water partition coefficient (Wildman–Crippen LogP) is 4.06. The van der Waals surface area contributed by atoms with E-state index < -0.39 is 35.7 Å². The number of carbonyl (C=O) groups excluding carboxylic acids is 2. The maximum atomic E-state index is 14.4. The molecule has 0 saturated carbocycles. The predicted molar refractivity (Wildman–Crippen MR) is 119 cm³/mol. The van der Waals surface area contributed by atoms with Crippen LogP contribution in [0.4, 0.5) is 38.3 Å².